The van der Waals surface area contributed by atoms with Crippen molar-refractivity contribution in [3.63, 3.8) is 0 Å². The molecule has 0 radical (unpaired) electrons. The van der Waals surface area contributed by atoms with Gasteiger partial charge in [0.05, 0.1) is 24.8 Å². The second-order valence-electron chi connectivity index (χ2n) is 6.30. The third-order valence-corrected chi connectivity index (χ3v) is 4.51. The molecule has 0 heterocycles. The molecule has 0 aliphatic heterocycles. The number of benzene rings is 2. The van der Waals surface area contributed by atoms with Crippen molar-refractivity contribution in [1.82, 2.24) is 0 Å². The lowest BCUT2D eigenvalue weighted by Gasteiger charge is -2.22. The number of nitrogens with zero attached hydrogens (tertiary/aromatic N) is 1. The largest absolute Gasteiger partial charge is 0.495 e. The van der Waals surface area contributed by atoms with Crippen molar-refractivity contribution >= 4 is 17.3 Å². The van der Waals surface area contributed by atoms with Gasteiger partial charge >= 0.3 is 0 Å². The molecule has 7 nitrogen and oxygen atoms in total. The molecule has 2 rings (SSSR count). The third kappa shape index (κ3) is 4.58. The number of aryl methyl sites for hydroxylation is 1. The van der Waals surface area contributed by atoms with Crippen LogP contribution in [0.2, 0.25) is 0 Å². The van der Waals surface area contributed by atoms with Gasteiger partial charge in [0.15, 0.2) is 6.04 Å². The number of carbonyl (C=O) groups excluding carboxylic acids is 1. The van der Waals surface area contributed by atoms with Crippen LogP contribution in [0.4, 0.5) is 11.4 Å². The van der Waals surface area contributed by atoms with Crippen LogP contribution in [0.1, 0.15) is 18.1 Å². The molecule has 2 aromatic carbocycles. The van der Waals surface area contributed by atoms with Crippen molar-refractivity contribution in [2.45, 2.75) is 26.4 Å². The highest BCUT2D eigenvalue weighted by atomic mass is 16.6. The number of carbonyl (C=O) groups is 1. The van der Waals surface area contributed by atoms with Crippen molar-refractivity contribution < 1.29 is 19.4 Å². The first kappa shape index (κ1) is 19.4. The normalized spacial score (nSPS) is 12.9. The fourth-order valence-electron chi connectivity index (χ4n) is 2.63. The van der Waals surface area contributed by atoms with Gasteiger partial charge in [0.2, 0.25) is 0 Å². The minimum atomic E-state index is -0.506. The number of amides is 1. The summed E-state index contributed by atoms with van der Waals surface area (Å²) in [6.07, 6.45) is 0. The molecular formula is C19H24N3O4+. The molecule has 1 amide bonds. The number of rotatable bonds is 7. The van der Waals surface area contributed by atoms with E-state index in [0.717, 1.165) is 4.90 Å². The predicted molar refractivity (Wildman–Crippen MR) is 99.5 cm³/mol. The maximum atomic E-state index is 12.6. The van der Waals surface area contributed by atoms with Gasteiger partial charge in [-0.2, -0.15) is 0 Å². The summed E-state index contributed by atoms with van der Waals surface area (Å²) in [6.45, 7) is 4.57. The topological polar surface area (TPSA) is 85.9 Å². The number of hydrogen-bond donors (Lipinski definition) is 2. The maximum absolute atomic E-state index is 12.6. The number of nitro groups is 1. The van der Waals surface area contributed by atoms with Crippen molar-refractivity contribution in [2.24, 2.45) is 0 Å². The number of anilines is 1. The summed E-state index contributed by atoms with van der Waals surface area (Å²) in [7, 11) is 3.40. The standard InChI is InChI=1S/C19H23N3O4/c1-13-7-5-6-8-15(13)12-21(3)14(2)19(23)20-17-11-16(22(24)25)9-10-18(17)26-4/h5-11,14H,12H2,1-4H3,(H,20,23)/p+1/t14-/m1/s1. The zero-order valence-electron chi connectivity index (χ0n) is 15.4. The molecule has 0 aliphatic carbocycles. The number of nitrogens with one attached hydrogen (secondary N) is 2. The highest BCUT2D eigenvalue weighted by Gasteiger charge is 2.24. The Hall–Kier alpha value is -2.93. The van der Waals surface area contributed by atoms with Gasteiger partial charge in [-0.05, 0) is 25.5 Å². The summed E-state index contributed by atoms with van der Waals surface area (Å²) < 4.78 is 5.19. The molecule has 0 saturated carbocycles. The second-order valence-corrected chi connectivity index (χ2v) is 6.30. The van der Waals surface area contributed by atoms with Gasteiger partial charge in [-0.15, -0.1) is 0 Å². The minimum absolute atomic E-state index is 0.102. The molecule has 2 N–H and O–H groups in total. The highest BCUT2D eigenvalue weighted by molar-refractivity contribution is 5.95. The summed E-state index contributed by atoms with van der Waals surface area (Å²) in [5, 5.41) is 13.7. The molecule has 7 heteroatoms. The lowest BCUT2D eigenvalue weighted by molar-refractivity contribution is -0.907. The zero-order chi connectivity index (χ0) is 19.3. The van der Waals surface area contributed by atoms with E-state index in [2.05, 4.69) is 5.32 Å². The van der Waals surface area contributed by atoms with Crippen LogP contribution in [-0.4, -0.2) is 31.0 Å². The first-order valence-electron chi connectivity index (χ1n) is 8.33. The Morgan fingerprint density at radius 3 is 2.62 bits per heavy atom. The summed E-state index contributed by atoms with van der Waals surface area (Å²) in [6, 6.07) is 11.8. The van der Waals surface area contributed by atoms with Crippen LogP contribution in [-0.2, 0) is 11.3 Å². The highest BCUT2D eigenvalue weighted by Crippen LogP contribution is 2.28. The Labute approximate surface area is 152 Å². The van der Waals surface area contributed by atoms with Gasteiger partial charge < -0.3 is 15.0 Å². The van der Waals surface area contributed by atoms with E-state index in [1.807, 2.05) is 45.2 Å². The number of non-ortho nitro benzene ring substituents is 1. The number of quaternary nitrogens is 1. The molecule has 0 spiro atoms. The molecule has 26 heavy (non-hydrogen) atoms. The molecule has 0 aliphatic rings. The first-order valence-corrected chi connectivity index (χ1v) is 8.33. The number of nitro benzene ring substituents is 1. The van der Waals surface area contributed by atoms with E-state index in [-0.39, 0.29) is 17.6 Å². The first-order chi connectivity index (χ1) is 12.3. The van der Waals surface area contributed by atoms with Crippen LogP contribution in [0, 0.1) is 17.0 Å². The van der Waals surface area contributed by atoms with Gasteiger partial charge in [0, 0.05) is 17.7 Å². The van der Waals surface area contributed by atoms with Gasteiger partial charge in [-0.1, -0.05) is 24.3 Å². The van der Waals surface area contributed by atoms with E-state index in [0.29, 0.717) is 18.0 Å². The van der Waals surface area contributed by atoms with Crippen molar-refractivity contribution in [3.8, 4) is 5.75 Å². The fraction of sp³-hybridized carbons (Fsp3) is 0.316. The van der Waals surface area contributed by atoms with Crippen LogP contribution >= 0.6 is 0 Å². The molecule has 0 aromatic heterocycles. The quantitative estimate of drug-likeness (QED) is 0.585. The van der Waals surface area contributed by atoms with Crippen LogP contribution < -0.4 is 15.0 Å². The van der Waals surface area contributed by atoms with Crippen molar-refractivity contribution in [2.75, 3.05) is 19.5 Å². The molecule has 0 saturated heterocycles. The monoisotopic (exact) mass is 358 g/mol. The second kappa shape index (κ2) is 8.44. The van der Waals surface area contributed by atoms with E-state index < -0.39 is 4.92 Å². The minimum Gasteiger partial charge on any atom is -0.495 e. The Morgan fingerprint density at radius 1 is 1.31 bits per heavy atom. The lowest BCUT2D eigenvalue weighted by Crippen LogP contribution is -3.12. The summed E-state index contributed by atoms with van der Waals surface area (Å²) in [5.74, 6) is 0.155. The fourth-order valence-corrected chi connectivity index (χ4v) is 2.63. The van der Waals surface area contributed by atoms with Crippen LogP contribution in [0.3, 0.4) is 0 Å². The summed E-state index contributed by atoms with van der Waals surface area (Å²) in [4.78, 5) is 24.1. The SMILES string of the molecule is COc1ccc([N+](=O)[O-])cc1NC(=O)[C@@H](C)[NH+](C)Cc1ccccc1C. The Balaban J connectivity index is 2.12. The van der Waals surface area contributed by atoms with Crippen molar-refractivity contribution in [3.05, 3.63) is 63.7 Å². The summed E-state index contributed by atoms with van der Waals surface area (Å²) in [5.41, 5.74) is 2.55. The van der Waals surface area contributed by atoms with E-state index in [1.165, 1.54) is 36.4 Å². The number of hydrogen-bond acceptors (Lipinski definition) is 4. The van der Waals surface area contributed by atoms with Crippen LogP contribution in [0.5, 0.6) is 5.75 Å². The van der Waals surface area contributed by atoms with Gasteiger partial charge in [0.1, 0.15) is 12.3 Å². The van der Waals surface area contributed by atoms with E-state index in [4.69, 9.17) is 4.74 Å². The zero-order valence-corrected chi connectivity index (χ0v) is 15.4. The van der Waals surface area contributed by atoms with Gasteiger partial charge in [-0.25, -0.2) is 0 Å². The molecular weight excluding hydrogens is 334 g/mol. The lowest BCUT2D eigenvalue weighted by atomic mass is 10.1. The molecule has 1 unspecified atom stereocenters. The van der Waals surface area contributed by atoms with E-state index >= 15 is 0 Å². The van der Waals surface area contributed by atoms with Crippen molar-refractivity contribution in [1.29, 1.82) is 0 Å². The smallest absolute Gasteiger partial charge is 0.282 e. The third-order valence-electron chi connectivity index (χ3n) is 4.51. The van der Waals surface area contributed by atoms with E-state index in [1.54, 1.807) is 0 Å². The predicted octanol–water partition coefficient (Wildman–Crippen LogP) is 1.95. The Kier molecular flexibility index (Phi) is 6.30. The van der Waals surface area contributed by atoms with Gasteiger partial charge in [-0.3, -0.25) is 14.9 Å². The van der Waals surface area contributed by atoms with Crippen LogP contribution in [0.15, 0.2) is 42.5 Å². The summed E-state index contributed by atoms with van der Waals surface area (Å²) >= 11 is 0. The van der Waals surface area contributed by atoms with Gasteiger partial charge in [0.25, 0.3) is 11.6 Å². The molecule has 0 bridgehead atoms. The molecule has 2 aromatic rings. The molecule has 2 atom stereocenters. The maximum Gasteiger partial charge on any atom is 0.282 e. The van der Waals surface area contributed by atoms with E-state index in [9.17, 15) is 14.9 Å². The number of likely N-dealkylation sites (N-methyl/N-ethyl adjacent to an activating group) is 1. The number of ether oxygens (including phenoxy) is 1. The van der Waals surface area contributed by atoms with Crippen LogP contribution in [0.25, 0.3) is 0 Å². The Bertz CT molecular complexity index is 807. The average molecular weight is 358 g/mol. The average Bonchev–Trinajstić information content (AvgIpc) is 2.62. The molecule has 0 fully saturated rings. The molecule has 138 valence electrons. The number of methoxy groups -OCH3 is 1. The Morgan fingerprint density at radius 2 is 2.00 bits per heavy atom.